The summed E-state index contributed by atoms with van der Waals surface area (Å²) in [4.78, 5) is 10.3. The lowest BCUT2D eigenvalue weighted by Gasteiger charge is -2.14. The van der Waals surface area contributed by atoms with Crippen molar-refractivity contribution in [1.29, 1.82) is 0 Å². The van der Waals surface area contributed by atoms with Gasteiger partial charge in [-0.15, -0.1) is 0 Å². The van der Waals surface area contributed by atoms with E-state index in [0.29, 0.717) is 18.2 Å². The van der Waals surface area contributed by atoms with Crippen molar-refractivity contribution in [3.63, 3.8) is 0 Å². The number of rotatable bonds is 4. The number of carbonyl (C=O) groups is 1. The number of hydrogen-bond donors (Lipinski definition) is 1. The second-order valence-corrected chi connectivity index (χ2v) is 3.24. The average molecular weight is 236 g/mol. The maximum Gasteiger partial charge on any atom is 0.304 e. The van der Waals surface area contributed by atoms with Crippen LogP contribution in [0.15, 0.2) is 18.2 Å². The molecule has 0 aliphatic heterocycles. The molecule has 0 amide bonds. The predicted octanol–water partition coefficient (Wildman–Crippen LogP) is 2.79. The molecule has 0 saturated carbocycles. The number of alkyl halides is 2. The van der Waals surface area contributed by atoms with Crippen LogP contribution in [0, 0.1) is 11.6 Å². The first kappa shape index (κ1) is 12.5. The molecule has 0 spiro atoms. The summed E-state index contributed by atoms with van der Waals surface area (Å²) < 4.78 is 50.5. The number of benzene rings is 1. The molecule has 0 bridgehead atoms. The van der Waals surface area contributed by atoms with Gasteiger partial charge in [0.2, 0.25) is 6.43 Å². The summed E-state index contributed by atoms with van der Waals surface area (Å²) >= 11 is 0. The summed E-state index contributed by atoms with van der Waals surface area (Å²) in [5, 5.41) is 8.41. The molecule has 1 aromatic carbocycles. The molecule has 1 rings (SSSR count). The molecule has 0 heterocycles. The van der Waals surface area contributed by atoms with Crippen molar-refractivity contribution in [2.24, 2.45) is 0 Å². The summed E-state index contributed by atoms with van der Waals surface area (Å²) in [5.41, 5.74) is -0.352. The van der Waals surface area contributed by atoms with E-state index in [4.69, 9.17) is 5.11 Å². The van der Waals surface area contributed by atoms with Crippen molar-refractivity contribution in [3.05, 3.63) is 35.4 Å². The zero-order chi connectivity index (χ0) is 12.3. The van der Waals surface area contributed by atoms with E-state index in [1.807, 2.05) is 0 Å². The Hall–Kier alpha value is -1.59. The van der Waals surface area contributed by atoms with Gasteiger partial charge in [-0.25, -0.2) is 17.6 Å². The highest BCUT2D eigenvalue weighted by molar-refractivity contribution is 5.68. The van der Waals surface area contributed by atoms with E-state index in [1.165, 1.54) is 0 Å². The molecule has 0 fully saturated rings. The van der Waals surface area contributed by atoms with Crippen molar-refractivity contribution in [3.8, 4) is 0 Å². The quantitative estimate of drug-likeness (QED) is 0.816. The summed E-state index contributed by atoms with van der Waals surface area (Å²) in [5.74, 6) is -5.17. The molecule has 1 unspecified atom stereocenters. The van der Waals surface area contributed by atoms with E-state index in [9.17, 15) is 22.4 Å². The minimum atomic E-state index is -2.99. The Morgan fingerprint density at radius 1 is 1.19 bits per heavy atom. The van der Waals surface area contributed by atoms with Gasteiger partial charge in [-0.3, -0.25) is 4.79 Å². The van der Waals surface area contributed by atoms with Crippen molar-refractivity contribution in [2.45, 2.75) is 18.8 Å². The molecule has 1 atom stereocenters. The first-order valence-corrected chi connectivity index (χ1v) is 4.36. The van der Waals surface area contributed by atoms with Crippen molar-refractivity contribution in [2.75, 3.05) is 0 Å². The van der Waals surface area contributed by atoms with E-state index in [-0.39, 0.29) is 5.56 Å². The Morgan fingerprint density at radius 3 is 2.06 bits per heavy atom. The van der Waals surface area contributed by atoms with Gasteiger partial charge in [-0.1, -0.05) is 0 Å². The molecule has 6 heteroatoms. The van der Waals surface area contributed by atoms with Gasteiger partial charge in [-0.05, 0) is 17.7 Å². The minimum absolute atomic E-state index is 0.352. The van der Waals surface area contributed by atoms with E-state index >= 15 is 0 Å². The predicted molar refractivity (Wildman–Crippen MR) is 47.4 cm³/mol. The molecule has 0 aliphatic carbocycles. The topological polar surface area (TPSA) is 37.3 Å². The third kappa shape index (κ3) is 3.22. The first-order valence-electron chi connectivity index (χ1n) is 4.36. The van der Waals surface area contributed by atoms with Crippen molar-refractivity contribution in [1.82, 2.24) is 0 Å². The molecule has 88 valence electrons. The van der Waals surface area contributed by atoms with E-state index in [2.05, 4.69) is 0 Å². The number of halogens is 4. The molecule has 1 aromatic rings. The molecule has 0 aliphatic rings. The Kier molecular flexibility index (Phi) is 3.87. The third-order valence-electron chi connectivity index (χ3n) is 2.01. The molecule has 16 heavy (non-hydrogen) atoms. The van der Waals surface area contributed by atoms with Crippen LogP contribution in [0.2, 0.25) is 0 Å². The highest BCUT2D eigenvalue weighted by atomic mass is 19.3. The summed E-state index contributed by atoms with van der Waals surface area (Å²) in [6.45, 7) is 0. The highest BCUT2D eigenvalue weighted by Crippen LogP contribution is 2.28. The molecule has 0 saturated heterocycles. The number of aliphatic carboxylic acids is 1. The van der Waals surface area contributed by atoms with Gasteiger partial charge in [0, 0.05) is 6.07 Å². The fourth-order valence-electron chi connectivity index (χ4n) is 1.33. The van der Waals surface area contributed by atoms with Crippen LogP contribution in [0.5, 0.6) is 0 Å². The Labute approximate surface area is 88.5 Å². The molecule has 0 aromatic heterocycles. The SMILES string of the molecule is O=C(O)CC(c1cc(F)cc(F)c1)C(F)F. The van der Waals surface area contributed by atoms with Crippen LogP contribution in [0.4, 0.5) is 17.6 Å². The van der Waals surface area contributed by atoms with Crippen LogP contribution in [0.25, 0.3) is 0 Å². The zero-order valence-electron chi connectivity index (χ0n) is 7.96. The van der Waals surface area contributed by atoms with Gasteiger partial charge in [0.05, 0.1) is 12.3 Å². The molecular weight excluding hydrogens is 228 g/mol. The van der Waals surface area contributed by atoms with Crippen LogP contribution in [0.3, 0.4) is 0 Å². The van der Waals surface area contributed by atoms with Gasteiger partial charge < -0.3 is 5.11 Å². The molecule has 1 N–H and O–H groups in total. The minimum Gasteiger partial charge on any atom is -0.481 e. The fraction of sp³-hybridized carbons (Fsp3) is 0.300. The van der Waals surface area contributed by atoms with Gasteiger partial charge in [-0.2, -0.15) is 0 Å². The standard InChI is InChI=1S/C10H8F4O2/c11-6-1-5(2-7(12)3-6)8(10(13)14)4-9(15)16/h1-3,8,10H,4H2,(H,15,16). The third-order valence-corrected chi connectivity index (χ3v) is 2.01. The van der Waals surface area contributed by atoms with Crippen molar-refractivity contribution < 1.29 is 27.5 Å². The van der Waals surface area contributed by atoms with Gasteiger partial charge in [0.15, 0.2) is 0 Å². The zero-order valence-corrected chi connectivity index (χ0v) is 7.96. The van der Waals surface area contributed by atoms with E-state index in [1.54, 1.807) is 0 Å². The average Bonchev–Trinajstić information content (AvgIpc) is 2.11. The smallest absolute Gasteiger partial charge is 0.304 e. The summed E-state index contributed by atoms with van der Waals surface area (Å²) in [7, 11) is 0. The first-order chi connectivity index (χ1) is 7.40. The Bertz CT molecular complexity index is 372. The normalized spacial score (nSPS) is 12.8. The lowest BCUT2D eigenvalue weighted by molar-refractivity contribution is -0.138. The van der Waals surface area contributed by atoms with Crippen LogP contribution in [-0.4, -0.2) is 17.5 Å². The number of carboxylic acid groups (broad SMARTS) is 1. The molecule has 0 radical (unpaired) electrons. The molecular formula is C10H8F4O2. The lowest BCUT2D eigenvalue weighted by atomic mass is 9.96. The fourth-order valence-corrected chi connectivity index (χ4v) is 1.33. The van der Waals surface area contributed by atoms with Gasteiger partial charge in [0.25, 0.3) is 0 Å². The maximum absolute atomic E-state index is 12.8. The Morgan fingerprint density at radius 2 is 1.69 bits per heavy atom. The van der Waals surface area contributed by atoms with Crippen LogP contribution in [-0.2, 0) is 4.79 Å². The second kappa shape index (κ2) is 4.96. The van der Waals surface area contributed by atoms with Crippen molar-refractivity contribution >= 4 is 5.97 Å². The summed E-state index contributed by atoms with van der Waals surface area (Å²) in [6.07, 6.45) is -3.86. The van der Waals surface area contributed by atoms with Gasteiger partial charge >= 0.3 is 5.97 Å². The number of hydrogen-bond acceptors (Lipinski definition) is 1. The van der Waals surface area contributed by atoms with Crippen LogP contribution < -0.4 is 0 Å². The highest BCUT2D eigenvalue weighted by Gasteiger charge is 2.26. The van der Waals surface area contributed by atoms with E-state index in [0.717, 1.165) is 0 Å². The monoisotopic (exact) mass is 236 g/mol. The summed E-state index contributed by atoms with van der Waals surface area (Å²) in [6, 6.07) is 1.96. The van der Waals surface area contributed by atoms with E-state index < -0.39 is 36.4 Å². The largest absolute Gasteiger partial charge is 0.481 e. The Balaban J connectivity index is 3.05. The lowest BCUT2D eigenvalue weighted by Crippen LogP contribution is -2.14. The van der Waals surface area contributed by atoms with Crippen LogP contribution in [0.1, 0.15) is 17.9 Å². The molecule has 2 nitrogen and oxygen atoms in total. The number of carboxylic acids is 1. The maximum atomic E-state index is 12.8. The van der Waals surface area contributed by atoms with Gasteiger partial charge in [0.1, 0.15) is 11.6 Å². The second-order valence-electron chi connectivity index (χ2n) is 3.24. The van der Waals surface area contributed by atoms with Crippen LogP contribution >= 0.6 is 0 Å².